The fourth-order valence-corrected chi connectivity index (χ4v) is 3.38. The summed E-state index contributed by atoms with van der Waals surface area (Å²) in [6.07, 6.45) is 2.04. The highest BCUT2D eigenvalue weighted by Gasteiger charge is 2.18. The number of carbonyl (C=O) groups is 2. The molecule has 1 saturated heterocycles. The molecule has 0 spiro atoms. The zero-order chi connectivity index (χ0) is 22.5. The third-order valence-electron chi connectivity index (χ3n) is 5.10. The predicted octanol–water partition coefficient (Wildman–Crippen LogP) is 3.27. The molecular weight excluding hydrogens is 415 g/mol. The zero-order valence-electron chi connectivity index (χ0n) is 17.5. The van der Waals surface area contributed by atoms with Gasteiger partial charge in [-0.25, -0.2) is 13.9 Å². The summed E-state index contributed by atoms with van der Waals surface area (Å²) < 4.78 is 20.1. The van der Waals surface area contributed by atoms with Crippen molar-refractivity contribution in [1.29, 1.82) is 0 Å². The Labute approximate surface area is 184 Å². The topological polar surface area (TPSA) is 110 Å². The Morgan fingerprint density at radius 3 is 2.44 bits per heavy atom. The molecule has 10 heteroatoms. The number of amides is 3. The highest BCUT2D eigenvalue weighted by atomic mass is 19.1. The molecule has 1 unspecified atom stereocenters. The molecule has 3 amide bonds. The summed E-state index contributed by atoms with van der Waals surface area (Å²) >= 11 is 0. The van der Waals surface area contributed by atoms with Gasteiger partial charge in [-0.3, -0.25) is 4.79 Å². The minimum atomic E-state index is -0.425. The lowest BCUT2D eigenvalue weighted by molar-refractivity contribution is 0.102. The van der Waals surface area contributed by atoms with E-state index in [-0.39, 0.29) is 23.6 Å². The first-order valence-electron chi connectivity index (χ1n) is 10.3. The molecule has 1 aromatic heterocycles. The Morgan fingerprint density at radius 1 is 1.09 bits per heavy atom. The maximum absolute atomic E-state index is 13.1. The lowest BCUT2D eigenvalue weighted by Gasteiger charge is -2.12. The molecule has 2 heterocycles. The molecule has 1 aliphatic heterocycles. The fraction of sp³-hybridized carbons (Fsp3) is 0.273. The van der Waals surface area contributed by atoms with E-state index in [9.17, 15) is 14.0 Å². The molecule has 1 aliphatic rings. The van der Waals surface area contributed by atoms with Gasteiger partial charge in [0.1, 0.15) is 5.82 Å². The van der Waals surface area contributed by atoms with Gasteiger partial charge >= 0.3 is 6.03 Å². The second kappa shape index (κ2) is 9.56. The Morgan fingerprint density at radius 2 is 1.78 bits per heavy atom. The molecule has 4 rings (SSSR count). The van der Waals surface area contributed by atoms with Crippen LogP contribution in [-0.2, 0) is 4.74 Å². The summed E-state index contributed by atoms with van der Waals surface area (Å²) in [4.78, 5) is 24.6. The predicted molar refractivity (Wildman–Crippen MR) is 116 cm³/mol. The van der Waals surface area contributed by atoms with Gasteiger partial charge in [-0.1, -0.05) is 5.21 Å². The molecule has 0 radical (unpaired) electrons. The van der Waals surface area contributed by atoms with Crippen molar-refractivity contribution in [2.45, 2.75) is 25.9 Å². The number of carbonyl (C=O) groups excluding carboxylic acids is 2. The van der Waals surface area contributed by atoms with Gasteiger partial charge in [0, 0.05) is 24.5 Å². The van der Waals surface area contributed by atoms with Crippen molar-refractivity contribution in [3.05, 3.63) is 65.7 Å². The van der Waals surface area contributed by atoms with Gasteiger partial charge in [-0.2, -0.15) is 0 Å². The van der Waals surface area contributed by atoms with Gasteiger partial charge < -0.3 is 20.7 Å². The van der Waals surface area contributed by atoms with Crippen molar-refractivity contribution >= 4 is 23.3 Å². The zero-order valence-corrected chi connectivity index (χ0v) is 17.5. The van der Waals surface area contributed by atoms with Crippen molar-refractivity contribution in [2.24, 2.45) is 0 Å². The summed E-state index contributed by atoms with van der Waals surface area (Å²) in [5.41, 5.74) is 2.41. The van der Waals surface area contributed by atoms with E-state index in [4.69, 9.17) is 4.74 Å². The molecule has 2 aromatic carbocycles. The highest BCUT2D eigenvalue weighted by Crippen LogP contribution is 2.17. The molecule has 3 aromatic rings. The quantitative estimate of drug-likeness (QED) is 0.547. The molecule has 1 atom stereocenters. The summed E-state index contributed by atoms with van der Waals surface area (Å²) in [5, 5.41) is 16.2. The summed E-state index contributed by atoms with van der Waals surface area (Å²) in [5.74, 6) is -0.784. The van der Waals surface area contributed by atoms with Gasteiger partial charge in [0.25, 0.3) is 5.91 Å². The largest absolute Gasteiger partial charge is 0.376 e. The first kappa shape index (κ1) is 21.4. The van der Waals surface area contributed by atoms with Crippen LogP contribution in [0.2, 0.25) is 0 Å². The SMILES string of the molecule is Cc1c(C(=O)Nc2ccc(NC(=O)NCC3CCCO3)cc2)nnn1-c1ccc(F)cc1. The number of aromatic nitrogens is 3. The third kappa shape index (κ3) is 5.09. The number of nitrogens with zero attached hydrogens (tertiary/aromatic N) is 3. The van der Waals surface area contributed by atoms with Crippen molar-refractivity contribution < 1.29 is 18.7 Å². The molecular formula is C22H23FN6O3. The normalized spacial score (nSPS) is 15.4. The van der Waals surface area contributed by atoms with Gasteiger partial charge in [-0.05, 0) is 68.3 Å². The first-order chi connectivity index (χ1) is 15.5. The van der Waals surface area contributed by atoms with Crippen LogP contribution in [0, 0.1) is 12.7 Å². The van der Waals surface area contributed by atoms with E-state index in [1.165, 1.54) is 16.8 Å². The van der Waals surface area contributed by atoms with Gasteiger partial charge in [-0.15, -0.1) is 5.10 Å². The number of rotatable bonds is 6. The Bertz CT molecular complexity index is 1090. The van der Waals surface area contributed by atoms with Crippen LogP contribution < -0.4 is 16.0 Å². The fourth-order valence-electron chi connectivity index (χ4n) is 3.38. The molecule has 0 aliphatic carbocycles. The standard InChI is InChI=1S/C22H23FN6O3/c1-14-20(27-28-29(14)18-10-4-15(23)5-11-18)21(30)25-16-6-8-17(9-7-16)26-22(31)24-13-19-3-2-12-32-19/h4-11,19H,2-3,12-13H2,1H3,(H,25,30)(H2,24,26,31). The average Bonchev–Trinajstić information content (AvgIpc) is 3.44. The Kier molecular flexibility index (Phi) is 6.41. The van der Waals surface area contributed by atoms with Crippen molar-refractivity contribution in [3.8, 4) is 5.69 Å². The van der Waals surface area contributed by atoms with Gasteiger partial charge in [0.2, 0.25) is 0 Å². The van der Waals surface area contributed by atoms with E-state index >= 15 is 0 Å². The summed E-state index contributed by atoms with van der Waals surface area (Å²) in [6.45, 7) is 2.92. The smallest absolute Gasteiger partial charge is 0.319 e. The first-order valence-corrected chi connectivity index (χ1v) is 10.3. The van der Waals surface area contributed by atoms with Crippen LogP contribution in [-0.4, -0.2) is 46.2 Å². The van der Waals surface area contributed by atoms with Crippen LogP contribution in [0.25, 0.3) is 5.69 Å². The highest BCUT2D eigenvalue weighted by molar-refractivity contribution is 6.03. The number of benzene rings is 2. The van der Waals surface area contributed by atoms with E-state index in [0.717, 1.165) is 19.4 Å². The lowest BCUT2D eigenvalue weighted by atomic mass is 10.2. The van der Waals surface area contributed by atoms with E-state index in [1.807, 2.05) is 0 Å². The number of anilines is 2. The number of ether oxygens (including phenoxy) is 1. The Balaban J connectivity index is 1.33. The number of hydrogen-bond acceptors (Lipinski definition) is 5. The maximum atomic E-state index is 13.1. The molecule has 0 bridgehead atoms. The van der Waals surface area contributed by atoms with Crippen LogP contribution in [0.1, 0.15) is 29.0 Å². The molecule has 32 heavy (non-hydrogen) atoms. The van der Waals surface area contributed by atoms with Crippen molar-refractivity contribution in [2.75, 3.05) is 23.8 Å². The maximum Gasteiger partial charge on any atom is 0.319 e. The van der Waals surface area contributed by atoms with Crippen LogP contribution in [0.3, 0.4) is 0 Å². The van der Waals surface area contributed by atoms with Crippen LogP contribution >= 0.6 is 0 Å². The van der Waals surface area contributed by atoms with E-state index in [2.05, 4.69) is 26.3 Å². The minimum Gasteiger partial charge on any atom is -0.376 e. The molecule has 0 saturated carbocycles. The number of hydrogen-bond donors (Lipinski definition) is 3. The van der Waals surface area contributed by atoms with Crippen LogP contribution in [0.4, 0.5) is 20.6 Å². The van der Waals surface area contributed by atoms with Crippen LogP contribution in [0.15, 0.2) is 48.5 Å². The van der Waals surface area contributed by atoms with E-state index < -0.39 is 5.91 Å². The number of urea groups is 1. The number of nitrogens with one attached hydrogen (secondary N) is 3. The molecule has 1 fully saturated rings. The van der Waals surface area contributed by atoms with Crippen molar-refractivity contribution in [3.63, 3.8) is 0 Å². The Hall–Kier alpha value is -3.79. The van der Waals surface area contributed by atoms with Gasteiger partial charge in [0.15, 0.2) is 5.69 Å². The average molecular weight is 438 g/mol. The van der Waals surface area contributed by atoms with Crippen molar-refractivity contribution in [1.82, 2.24) is 20.3 Å². The second-order valence-corrected chi connectivity index (χ2v) is 7.41. The monoisotopic (exact) mass is 438 g/mol. The van der Waals surface area contributed by atoms with E-state index in [1.54, 1.807) is 43.3 Å². The minimum absolute atomic E-state index is 0.0721. The summed E-state index contributed by atoms with van der Waals surface area (Å²) in [6, 6.07) is 12.1. The van der Waals surface area contributed by atoms with Gasteiger partial charge in [0.05, 0.1) is 17.5 Å². The molecule has 166 valence electrons. The molecule has 3 N–H and O–H groups in total. The van der Waals surface area contributed by atoms with E-state index in [0.29, 0.717) is 29.3 Å². The third-order valence-corrected chi connectivity index (χ3v) is 5.10. The second-order valence-electron chi connectivity index (χ2n) is 7.41. The lowest BCUT2D eigenvalue weighted by Crippen LogP contribution is -2.35. The van der Waals surface area contributed by atoms with Crippen LogP contribution in [0.5, 0.6) is 0 Å². The molecule has 9 nitrogen and oxygen atoms in total. The summed E-state index contributed by atoms with van der Waals surface area (Å²) in [7, 11) is 0. The number of halogens is 1.